The van der Waals surface area contributed by atoms with Crippen molar-refractivity contribution in [3.8, 4) is 0 Å². The van der Waals surface area contributed by atoms with Gasteiger partial charge in [-0.15, -0.1) is 11.3 Å². The van der Waals surface area contributed by atoms with Crippen molar-refractivity contribution in [2.24, 2.45) is 10.4 Å². The highest BCUT2D eigenvalue weighted by Gasteiger charge is 2.34. The highest BCUT2D eigenvalue weighted by atomic mass is 32.1. The van der Waals surface area contributed by atoms with Crippen LogP contribution in [0.25, 0.3) is 0 Å². The van der Waals surface area contributed by atoms with E-state index in [0.29, 0.717) is 5.41 Å². The fraction of sp³-hybridized carbons (Fsp3) is 0.684. The van der Waals surface area contributed by atoms with Crippen molar-refractivity contribution >= 4 is 23.2 Å². The molecule has 0 saturated heterocycles. The number of thiophene rings is 1. The van der Waals surface area contributed by atoms with Gasteiger partial charge in [-0.3, -0.25) is 4.79 Å². The van der Waals surface area contributed by atoms with Crippen LogP contribution < -0.4 is 10.6 Å². The van der Waals surface area contributed by atoms with E-state index >= 15 is 0 Å². The second-order valence-electron chi connectivity index (χ2n) is 7.19. The van der Waals surface area contributed by atoms with Crippen LogP contribution in [-0.2, 0) is 17.8 Å². The lowest BCUT2D eigenvalue weighted by molar-refractivity contribution is -0.130. The highest BCUT2D eigenvalue weighted by molar-refractivity contribution is 7.10. The number of hydrogen-bond donors (Lipinski definition) is 2. The number of hydrogen-bond acceptors (Lipinski definition) is 3. The molecule has 1 aromatic rings. The molecule has 1 saturated carbocycles. The number of carbonyl (C=O) groups is 1. The van der Waals surface area contributed by atoms with Crippen molar-refractivity contribution in [2.45, 2.75) is 52.5 Å². The lowest BCUT2D eigenvalue weighted by Gasteiger charge is -2.41. The summed E-state index contributed by atoms with van der Waals surface area (Å²) < 4.78 is 0. The molecule has 0 spiro atoms. The molecule has 2 N–H and O–H groups in total. The number of rotatable bonds is 6. The molecule has 6 heteroatoms. The zero-order valence-electron chi connectivity index (χ0n) is 15.4. The molecular weight excluding hydrogens is 332 g/mol. The molecule has 0 unspecified atom stereocenters. The van der Waals surface area contributed by atoms with E-state index in [9.17, 15) is 4.79 Å². The molecule has 2 heterocycles. The molecule has 3 rings (SSSR count). The number of nitrogens with one attached hydrogen (secondary N) is 2. The Labute approximate surface area is 154 Å². The molecule has 1 aliphatic heterocycles. The van der Waals surface area contributed by atoms with Gasteiger partial charge >= 0.3 is 0 Å². The van der Waals surface area contributed by atoms with Gasteiger partial charge in [0.1, 0.15) is 6.54 Å². The summed E-state index contributed by atoms with van der Waals surface area (Å²) in [5.41, 5.74) is 1.73. The van der Waals surface area contributed by atoms with Gasteiger partial charge in [0.05, 0.1) is 0 Å². The summed E-state index contributed by atoms with van der Waals surface area (Å²) in [7, 11) is 0. The SMILES string of the molecule is CCNC(=NCC(=O)N1CCc2sccc2C1)NCC1(CC)CCC1. The third-order valence-corrected chi connectivity index (χ3v) is 6.70. The number of amides is 1. The van der Waals surface area contributed by atoms with Gasteiger partial charge < -0.3 is 15.5 Å². The Kier molecular flexibility index (Phi) is 5.99. The number of carbonyl (C=O) groups excluding carboxylic acids is 1. The minimum absolute atomic E-state index is 0.114. The van der Waals surface area contributed by atoms with Crippen molar-refractivity contribution < 1.29 is 4.79 Å². The summed E-state index contributed by atoms with van der Waals surface area (Å²) in [6.45, 7) is 7.84. The summed E-state index contributed by atoms with van der Waals surface area (Å²) >= 11 is 1.80. The van der Waals surface area contributed by atoms with Gasteiger partial charge in [0.15, 0.2) is 5.96 Å². The minimum Gasteiger partial charge on any atom is -0.357 e. The van der Waals surface area contributed by atoms with Crippen LogP contribution in [-0.4, -0.2) is 42.9 Å². The fourth-order valence-corrected chi connectivity index (χ4v) is 4.54. The minimum atomic E-state index is 0.114. The van der Waals surface area contributed by atoms with Crippen LogP contribution >= 0.6 is 11.3 Å². The lowest BCUT2D eigenvalue weighted by Crippen LogP contribution is -2.46. The fourth-order valence-electron chi connectivity index (χ4n) is 3.65. The summed E-state index contributed by atoms with van der Waals surface area (Å²) in [6, 6.07) is 2.14. The van der Waals surface area contributed by atoms with Crippen LogP contribution in [0, 0.1) is 5.41 Å². The number of guanidine groups is 1. The maximum atomic E-state index is 12.5. The van der Waals surface area contributed by atoms with E-state index in [1.165, 1.54) is 36.1 Å². The average Bonchev–Trinajstić information content (AvgIpc) is 3.06. The Hall–Kier alpha value is -1.56. The van der Waals surface area contributed by atoms with E-state index in [-0.39, 0.29) is 12.5 Å². The van der Waals surface area contributed by atoms with Crippen LogP contribution in [0.4, 0.5) is 0 Å². The van der Waals surface area contributed by atoms with Gasteiger partial charge in [0.2, 0.25) is 5.91 Å². The van der Waals surface area contributed by atoms with Crippen LogP contribution in [0.5, 0.6) is 0 Å². The van der Waals surface area contributed by atoms with E-state index < -0.39 is 0 Å². The van der Waals surface area contributed by atoms with E-state index in [1.807, 2.05) is 4.90 Å². The van der Waals surface area contributed by atoms with E-state index in [4.69, 9.17) is 0 Å². The molecule has 2 aliphatic rings. The lowest BCUT2D eigenvalue weighted by atomic mass is 9.67. The second kappa shape index (κ2) is 8.21. The Balaban J connectivity index is 1.53. The quantitative estimate of drug-likeness (QED) is 0.604. The highest BCUT2D eigenvalue weighted by Crippen LogP contribution is 2.42. The molecule has 1 fully saturated rings. The number of fused-ring (bicyclic) bond motifs is 1. The van der Waals surface area contributed by atoms with Crippen molar-refractivity contribution in [3.63, 3.8) is 0 Å². The van der Waals surface area contributed by atoms with E-state index in [1.54, 1.807) is 11.3 Å². The van der Waals surface area contributed by atoms with Crippen molar-refractivity contribution in [3.05, 3.63) is 21.9 Å². The molecule has 1 aliphatic carbocycles. The van der Waals surface area contributed by atoms with Crippen LogP contribution in [0.2, 0.25) is 0 Å². The van der Waals surface area contributed by atoms with Gasteiger partial charge in [0, 0.05) is 31.1 Å². The zero-order valence-corrected chi connectivity index (χ0v) is 16.3. The monoisotopic (exact) mass is 362 g/mol. The summed E-state index contributed by atoms with van der Waals surface area (Å²) in [6.07, 6.45) is 6.10. The molecule has 0 atom stereocenters. The number of nitrogens with zero attached hydrogens (tertiary/aromatic N) is 2. The smallest absolute Gasteiger partial charge is 0.244 e. The largest absolute Gasteiger partial charge is 0.357 e. The maximum Gasteiger partial charge on any atom is 0.244 e. The molecule has 25 heavy (non-hydrogen) atoms. The summed E-state index contributed by atoms with van der Waals surface area (Å²) in [4.78, 5) is 20.4. The first-order valence-electron chi connectivity index (χ1n) is 9.51. The zero-order chi connectivity index (χ0) is 17.7. The topological polar surface area (TPSA) is 56.7 Å². The predicted octanol–water partition coefficient (Wildman–Crippen LogP) is 2.77. The van der Waals surface area contributed by atoms with Gasteiger partial charge in [-0.2, -0.15) is 0 Å². The van der Waals surface area contributed by atoms with Crippen LogP contribution in [0.3, 0.4) is 0 Å². The van der Waals surface area contributed by atoms with Crippen LogP contribution in [0.1, 0.15) is 50.0 Å². The average molecular weight is 363 g/mol. The molecule has 1 aromatic heterocycles. The Bertz CT molecular complexity index is 615. The molecule has 0 bridgehead atoms. The first-order chi connectivity index (χ1) is 12.2. The van der Waals surface area contributed by atoms with Gasteiger partial charge in [-0.1, -0.05) is 13.3 Å². The Morgan fingerprint density at radius 3 is 2.88 bits per heavy atom. The molecular formula is C19H30N4OS. The Morgan fingerprint density at radius 2 is 2.20 bits per heavy atom. The normalized spacial score (nSPS) is 19.1. The van der Waals surface area contributed by atoms with Crippen molar-refractivity contribution in [1.82, 2.24) is 15.5 Å². The molecule has 0 radical (unpaired) electrons. The molecule has 138 valence electrons. The number of aliphatic imine (C=N–C) groups is 1. The standard InChI is InChI=1S/C19H30N4OS/c1-3-19(8-5-9-19)14-22-18(20-4-2)21-12-17(24)23-10-6-16-15(13-23)7-11-25-16/h7,11H,3-6,8-10,12-14H2,1-2H3,(H2,20,21,22). The summed E-state index contributed by atoms with van der Waals surface area (Å²) in [5, 5.41) is 8.84. The predicted molar refractivity (Wildman–Crippen MR) is 104 cm³/mol. The molecule has 0 aromatic carbocycles. The third kappa shape index (κ3) is 4.35. The first-order valence-corrected chi connectivity index (χ1v) is 10.4. The third-order valence-electron chi connectivity index (χ3n) is 5.67. The molecule has 1 amide bonds. The maximum absolute atomic E-state index is 12.5. The van der Waals surface area contributed by atoms with E-state index in [2.05, 4.69) is 40.9 Å². The van der Waals surface area contributed by atoms with Crippen molar-refractivity contribution in [1.29, 1.82) is 0 Å². The Morgan fingerprint density at radius 1 is 1.36 bits per heavy atom. The summed E-state index contributed by atoms with van der Waals surface area (Å²) in [5.74, 6) is 0.881. The van der Waals surface area contributed by atoms with Crippen LogP contribution in [0.15, 0.2) is 16.4 Å². The van der Waals surface area contributed by atoms with Gasteiger partial charge in [-0.25, -0.2) is 4.99 Å². The second-order valence-corrected chi connectivity index (χ2v) is 8.19. The van der Waals surface area contributed by atoms with E-state index in [0.717, 1.165) is 38.6 Å². The van der Waals surface area contributed by atoms with Gasteiger partial charge in [0.25, 0.3) is 0 Å². The first kappa shape index (κ1) is 18.2. The van der Waals surface area contributed by atoms with Crippen molar-refractivity contribution in [2.75, 3.05) is 26.2 Å². The van der Waals surface area contributed by atoms with Gasteiger partial charge in [-0.05, 0) is 55.0 Å². The molecule has 5 nitrogen and oxygen atoms in total.